The summed E-state index contributed by atoms with van der Waals surface area (Å²) >= 11 is 0. The van der Waals surface area contributed by atoms with E-state index in [1.807, 2.05) is 36.4 Å². The lowest BCUT2D eigenvalue weighted by Crippen LogP contribution is -2.59. The van der Waals surface area contributed by atoms with Crippen LogP contribution in [0, 0.1) is 5.92 Å². The molecule has 5 atom stereocenters. The molecule has 0 saturated heterocycles. The third-order valence-corrected chi connectivity index (χ3v) is 9.71. The summed E-state index contributed by atoms with van der Waals surface area (Å²) in [7, 11) is 1.48. The Morgan fingerprint density at radius 2 is 1.39 bits per heavy atom. The molecule has 1 aromatic heterocycles. The van der Waals surface area contributed by atoms with Gasteiger partial charge in [-0.05, 0) is 44.2 Å². The minimum absolute atomic E-state index is 0.00176. The lowest BCUT2D eigenvalue weighted by Gasteiger charge is -2.34. The number of ether oxygens (including phenoxy) is 1. The Morgan fingerprint density at radius 3 is 1.95 bits per heavy atom. The summed E-state index contributed by atoms with van der Waals surface area (Å²) in [5.74, 6) is -1.54. The Labute approximate surface area is 328 Å². The molecule has 0 bridgehead atoms. The van der Waals surface area contributed by atoms with Crippen molar-refractivity contribution in [1.29, 1.82) is 0 Å². The predicted molar refractivity (Wildman–Crippen MR) is 209 cm³/mol. The number of alkyl carbamates (subject to hydrolysis) is 1. The number of aromatic nitrogens is 2. The number of carbonyl (C=O) groups excluding carboxylic acids is 4. The van der Waals surface area contributed by atoms with Crippen molar-refractivity contribution >= 4 is 29.9 Å². The van der Waals surface area contributed by atoms with E-state index in [0.717, 1.165) is 43.2 Å². The first-order valence-corrected chi connectivity index (χ1v) is 19.2. The smallest absolute Gasteiger partial charge is 0.408 e. The van der Waals surface area contributed by atoms with Gasteiger partial charge < -0.3 is 46.1 Å². The van der Waals surface area contributed by atoms with Gasteiger partial charge in [0.05, 0.1) is 24.2 Å². The van der Waals surface area contributed by atoms with Crippen LogP contribution in [-0.2, 0) is 38.4 Å². The zero-order valence-corrected chi connectivity index (χ0v) is 32.7. The SMILES string of the molecule is CN(C[C@H](O)[C@H](CC1CCCCC1)NC(=O)[C@H](Cc1c[nH]cn1)NC(=O)[C@H](Cc1ccccc1)NC(=O)OC(C)(C)C)C(=O)[C@H](Cc1ccccc1)NC(=O)O. The second-order valence-electron chi connectivity index (χ2n) is 15.5. The van der Waals surface area contributed by atoms with E-state index >= 15 is 0 Å². The van der Waals surface area contributed by atoms with Crippen LogP contribution in [0.3, 0.4) is 0 Å². The summed E-state index contributed by atoms with van der Waals surface area (Å²) in [5.41, 5.74) is 1.21. The van der Waals surface area contributed by atoms with E-state index in [2.05, 4.69) is 31.2 Å². The van der Waals surface area contributed by atoms with Crippen LogP contribution >= 0.6 is 0 Å². The van der Waals surface area contributed by atoms with Crippen molar-refractivity contribution in [2.45, 2.75) is 114 Å². The highest BCUT2D eigenvalue weighted by Gasteiger charge is 2.34. The molecule has 15 heteroatoms. The van der Waals surface area contributed by atoms with Gasteiger partial charge in [0.25, 0.3) is 0 Å². The fraction of sp³-hybridized carbons (Fsp3) is 0.512. The van der Waals surface area contributed by atoms with Crippen molar-refractivity contribution in [2.24, 2.45) is 5.92 Å². The Bertz CT molecular complexity index is 1700. The molecule has 0 unspecified atom stereocenters. The minimum Gasteiger partial charge on any atom is -0.465 e. The van der Waals surface area contributed by atoms with Crippen LogP contribution in [0.2, 0.25) is 0 Å². The number of imidazole rings is 1. The lowest BCUT2D eigenvalue weighted by atomic mass is 9.83. The van der Waals surface area contributed by atoms with Gasteiger partial charge in [0.2, 0.25) is 17.7 Å². The number of hydrogen-bond acceptors (Lipinski definition) is 8. The van der Waals surface area contributed by atoms with Gasteiger partial charge in [-0.15, -0.1) is 0 Å². The molecule has 1 saturated carbocycles. The first kappa shape index (κ1) is 43.3. The van der Waals surface area contributed by atoms with E-state index < -0.39 is 65.8 Å². The van der Waals surface area contributed by atoms with Gasteiger partial charge in [-0.25, -0.2) is 14.6 Å². The predicted octanol–water partition coefficient (Wildman–Crippen LogP) is 3.73. The summed E-state index contributed by atoms with van der Waals surface area (Å²) in [5, 5.41) is 32.0. The van der Waals surface area contributed by atoms with Crippen molar-refractivity contribution in [3.63, 3.8) is 0 Å². The zero-order chi connectivity index (χ0) is 40.7. The quantitative estimate of drug-likeness (QED) is 0.100. The Kier molecular flexibility index (Phi) is 16.3. The van der Waals surface area contributed by atoms with Crippen molar-refractivity contribution in [3.05, 3.63) is 90.0 Å². The number of carbonyl (C=O) groups is 5. The van der Waals surface area contributed by atoms with Crippen LogP contribution in [0.25, 0.3) is 0 Å². The number of aliphatic hydroxyl groups is 1. The second-order valence-corrected chi connectivity index (χ2v) is 15.5. The molecule has 4 rings (SSSR count). The maximum atomic E-state index is 14.3. The summed E-state index contributed by atoms with van der Waals surface area (Å²) in [6, 6.07) is 13.9. The third-order valence-electron chi connectivity index (χ3n) is 9.71. The molecule has 15 nitrogen and oxygen atoms in total. The third kappa shape index (κ3) is 14.7. The number of H-pyrrole nitrogens is 1. The normalized spacial score (nSPS) is 15.9. The van der Waals surface area contributed by atoms with E-state index in [1.165, 1.54) is 18.3 Å². The fourth-order valence-electron chi connectivity index (χ4n) is 6.94. The average molecular weight is 776 g/mol. The molecule has 1 fully saturated rings. The molecule has 56 heavy (non-hydrogen) atoms. The number of aromatic amines is 1. The highest BCUT2D eigenvalue weighted by Crippen LogP contribution is 2.28. The van der Waals surface area contributed by atoms with Crippen molar-refractivity contribution < 1.29 is 38.9 Å². The molecule has 7 N–H and O–H groups in total. The van der Waals surface area contributed by atoms with E-state index in [-0.39, 0.29) is 31.7 Å². The van der Waals surface area contributed by atoms with Crippen LogP contribution in [0.4, 0.5) is 9.59 Å². The molecular weight excluding hydrogens is 718 g/mol. The zero-order valence-electron chi connectivity index (χ0n) is 32.7. The molecule has 1 aliphatic rings. The van der Waals surface area contributed by atoms with Crippen LogP contribution in [0.5, 0.6) is 0 Å². The summed E-state index contributed by atoms with van der Waals surface area (Å²) in [6.07, 6.45) is 5.32. The van der Waals surface area contributed by atoms with Gasteiger partial charge in [-0.3, -0.25) is 14.4 Å². The molecular formula is C41H57N7O8. The minimum atomic E-state index is -1.35. The highest BCUT2D eigenvalue weighted by atomic mass is 16.6. The molecule has 0 radical (unpaired) electrons. The molecule has 5 amide bonds. The first-order valence-electron chi connectivity index (χ1n) is 19.2. The van der Waals surface area contributed by atoms with Crippen LogP contribution in [-0.4, -0.2) is 104 Å². The van der Waals surface area contributed by atoms with Crippen LogP contribution in [0.1, 0.15) is 76.1 Å². The fourth-order valence-corrected chi connectivity index (χ4v) is 6.94. The summed E-state index contributed by atoms with van der Waals surface area (Å²) in [4.78, 5) is 74.8. The molecule has 0 aliphatic heterocycles. The Morgan fingerprint density at radius 1 is 0.821 bits per heavy atom. The monoisotopic (exact) mass is 775 g/mol. The summed E-state index contributed by atoms with van der Waals surface area (Å²) < 4.78 is 5.44. The number of nitrogens with one attached hydrogen (secondary N) is 5. The van der Waals surface area contributed by atoms with Gasteiger partial charge in [0.15, 0.2) is 0 Å². The number of likely N-dealkylation sites (N-methyl/N-ethyl adjacent to an activating group) is 1. The Hall–Kier alpha value is -5.44. The van der Waals surface area contributed by atoms with Crippen molar-refractivity contribution in [3.8, 4) is 0 Å². The van der Waals surface area contributed by atoms with Gasteiger partial charge in [0, 0.05) is 39.1 Å². The standard InChI is InChI=1S/C41H57N7O8/c1-41(2,3)56-40(55)47-32(21-28-16-10-6-11-17-28)36(50)45-33(23-30-24-42-26-43-30)37(51)44-31(20-27-14-8-5-9-15-27)35(49)25-48(4)38(52)34(46-39(53)54)22-29-18-12-7-13-19-29/h6-7,10-13,16-19,24,26-27,31-35,46,49H,5,8-9,14-15,20-23,25H2,1-4H3,(H,42,43)(H,44,51)(H,45,50)(H,47,55)(H,53,54)/t31-,32-,33-,34-,35-/m0/s1. The molecule has 3 aromatic rings. The van der Waals surface area contributed by atoms with Gasteiger partial charge >= 0.3 is 12.2 Å². The van der Waals surface area contributed by atoms with E-state index in [4.69, 9.17) is 4.74 Å². The molecule has 1 heterocycles. The van der Waals surface area contributed by atoms with Gasteiger partial charge in [-0.2, -0.15) is 0 Å². The maximum Gasteiger partial charge on any atom is 0.408 e. The van der Waals surface area contributed by atoms with Crippen LogP contribution in [0.15, 0.2) is 73.2 Å². The van der Waals surface area contributed by atoms with Crippen molar-refractivity contribution in [2.75, 3.05) is 13.6 Å². The highest BCUT2D eigenvalue weighted by molar-refractivity contribution is 5.92. The molecule has 2 aromatic carbocycles. The largest absolute Gasteiger partial charge is 0.465 e. The average Bonchev–Trinajstić information content (AvgIpc) is 3.67. The van der Waals surface area contributed by atoms with E-state index in [1.54, 1.807) is 51.2 Å². The Balaban J connectivity index is 1.55. The maximum absolute atomic E-state index is 14.3. The number of hydrogen-bond donors (Lipinski definition) is 7. The number of aliphatic hydroxyl groups excluding tert-OH is 1. The summed E-state index contributed by atoms with van der Waals surface area (Å²) in [6.45, 7) is 4.94. The van der Waals surface area contributed by atoms with Crippen molar-refractivity contribution in [1.82, 2.24) is 36.1 Å². The number of carboxylic acid groups (broad SMARTS) is 1. The van der Waals surface area contributed by atoms with Gasteiger partial charge in [0.1, 0.15) is 23.7 Å². The topological polar surface area (TPSA) is 215 Å². The molecule has 304 valence electrons. The van der Waals surface area contributed by atoms with E-state index in [0.29, 0.717) is 12.1 Å². The lowest BCUT2D eigenvalue weighted by molar-refractivity contribution is -0.134. The van der Waals surface area contributed by atoms with Crippen LogP contribution < -0.4 is 21.3 Å². The second kappa shape index (κ2) is 21.0. The van der Waals surface area contributed by atoms with Gasteiger partial charge in [-0.1, -0.05) is 92.8 Å². The number of nitrogens with zero attached hydrogens (tertiary/aromatic N) is 2. The molecule has 1 aliphatic carbocycles. The number of rotatable bonds is 18. The number of amides is 5. The number of benzene rings is 2. The van der Waals surface area contributed by atoms with E-state index in [9.17, 15) is 34.2 Å². The first-order chi connectivity index (χ1) is 26.7. The molecule has 0 spiro atoms.